The van der Waals surface area contributed by atoms with Crippen molar-refractivity contribution >= 4 is 28.9 Å². The van der Waals surface area contributed by atoms with Crippen LogP contribution in [0, 0.1) is 0 Å². The molecule has 19 heavy (non-hydrogen) atoms. The molecular weight excluding hydrogens is 262 g/mol. The van der Waals surface area contributed by atoms with Gasteiger partial charge in [-0.05, 0) is 30.8 Å². The van der Waals surface area contributed by atoms with Crippen LogP contribution < -0.4 is 0 Å². The number of carbonyl (C=O) groups is 1. The highest BCUT2D eigenvalue weighted by molar-refractivity contribution is 6.41. The van der Waals surface area contributed by atoms with Gasteiger partial charge in [0.05, 0.1) is 5.69 Å². The summed E-state index contributed by atoms with van der Waals surface area (Å²) >= 11 is 5.96. The standard InChI is InChI=1S/C14H16ClN3O/c1-17-4-6-18(7-5-17)14(19)13-9-10-8-11(15)2-3-12(10)16-13/h2-3,8H,4-7,9H2,1H3. The van der Waals surface area contributed by atoms with Crippen molar-refractivity contribution in [3.63, 3.8) is 0 Å². The number of piperazine rings is 1. The molecule has 0 aromatic heterocycles. The Bertz CT molecular complexity index is 548. The van der Waals surface area contributed by atoms with Crippen molar-refractivity contribution in [3.05, 3.63) is 28.8 Å². The van der Waals surface area contributed by atoms with E-state index in [0.717, 1.165) is 37.4 Å². The van der Waals surface area contributed by atoms with Gasteiger partial charge in [0.25, 0.3) is 5.91 Å². The largest absolute Gasteiger partial charge is 0.335 e. The third-order valence-electron chi connectivity index (χ3n) is 3.69. The van der Waals surface area contributed by atoms with E-state index in [9.17, 15) is 4.79 Å². The van der Waals surface area contributed by atoms with Crippen LogP contribution in [0.1, 0.15) is 5.56 Å². The number of carbonyl (C=O) groups excluding carboxylic acids is 1. The number of hydrogen-bond acceptors (Lipinski definition) is 3. The van der Waals surface area contributed by atoms with Gasteiger partial charge in [-0.1, -0.05) is 11.6 Å². The van der Waals surface area contributed by atoms with Crippen LogP contribution in [0.3, 0.4) is 0 Å². The Morgan fingerprint density at radius 1 is 1.26 bits per heavy atom. The first-order valence-electron chi connectivity index (χ1n) is 6.47. The van der Waals surface area contributed by atoms with Crippen molar-refractivity contribution in [1.82, 2.24) is 9.80 Å². The van der Waals surface area contributed by atoms with E-state index in [1.54, 1.807) is 0 Å². The Kier molecular flexibility index (Phi) is 3.29. The van der Waals surface area contributed by atoms with Crippen LogP contribution in [0.4, 0.5) is 5.69 Å². The number of amides is 1. The second-order valence-corrected chi connectivity index (χ2v) is 5.54. The third kappa shape index (κ3) is 2.51. The molecule has 2 heterocycles. The molecule has 0 radical (unpaired) electrons. The lowest BCUT2D eigenvalue weighted by atomic mass is 10.1. The molecule has 0 spiro atoms. The van der Waals surface area contributed by atoms with Gasteiger partial charge in [-0.15, -0.1) is 0 Å². The zero-order chi connectivity index (χ0) is 13.4. The number of benzene rings is 1. The molecule has 0 saturated carbocycles. The van der Waals surface area contributed by atoms with Gasteiger partial charge in [0.15, 0.2) is 0 Å². The monoisotopic (exact) mass is 277 g/mol. The van der Waals surface area contributed by atoms with Crippen molar-refractivity contribution in [2.24, 2.45) is 4.99 Å². The van der Waals surface area contributed by atoms with E-state index in [2.05, 4.69) is 16.9 Å². The highest BCUT2D eigenvalue weighted by atomic mass is 35.5. The number of likely N-dealkylation sites (N-methyl/N-ethyl adjacent to an activating group) is 1. The molecule has 4 nitrogen and oxygen atoms in total. The fourth-order valence-electron chi connectivity index (χ4n) is 2.49. The van der Waals surface area contributed by atoms with E-state index in [-0.39, 0.29) is 5.91 Å². The summed E-state index contributed by atoms with van der Waals surface area (Å²) < 4.78 is 0. The summed E-state index contributed by atoms with van der Waals surface area (Å²) in [6.45, 7) is 3.42. The van der Waals surface area contributed by atoms with Crippen LogP contribution in [-0.2, 0) is 11.2 Å². The van der Waals surface area contributed by atoms with Gasteiger partial charge >= 0.3 is 0 Å². The molecular formula is C14H16ClN3O. The fraction of sp³-hybridized carbons (Fsp3) is 0.429. The van der Waals surface area contributed by atoms with Crippen LogP contribution in [0.15, 0.2) is 23.2 Å². The minimum absolute atomic E-state index is 0.0698. The molecule has 1 aromatic carbocycles. The highest BCUT2D eigenvalue weighted by Gasteiger charge is 2.26. The average Bonchev–Trinajstić information content (AvgIpc) is 2.81. The lowest BCUT2D eigenvalue weighted by Crippen LogP contribution is -2.49. The number of fused-ring (bicyclic) bond motifs is 1. The molecule has 5 heteroatoms. The van der Waals surface area contributed by atoms with Crippen molar-refractivity contribution in [2.45, 2.75) is 6.42 Å². The molecule has 0 unspecified atom stereocenters. The summed E-state index contributed by atoms with van der Waals surface area (Å²) in [7, 11) is 2.08. The summed E-state index contributed by atoms with van der Waals surface area (Å²) in [6.07, 6.45) is 0.598. The smallest absolute Gasteiger partial charge is 0.268 e. The van der Waals surface area contributed by atoms with Gasteiger partial charge in [0, 0.05) is 37.6 Å². The Hall–Kier alpha value is -1.39. The topological polar surface area (TPSA) is 35.9 Å². The number of rotatable bonds is 1. The van der Waals surface area contributed by atoms with E-state index in [1.165, 1.54) is 0 Å². The molecule has 2 aliphatic heterocycles. The van der Waals surface area contributed by atoms with E-state index in [0.29, 0.717) is 17.2 Å². The summed E-state index contributed by atoms with van der Waals surface area (Å²) in [5.74, 6) is 0.0698. The van der Waals surface area contributed by atoms with Gasteiger partial charge < -0.3 is 9.80 Å². The van der Waals surface area contributed by atoms with Gasteiger partial charge in [0.1, 0.15) is 5.71 Å². The van der Waals surface area contributed by atoms with Crippen LogP contribution in [0.2, 0.25) is 5.02 Å². The summed E-state index contributed by atoms with van der Waals surface area (Å²) in [6, 6.07) is 5.58. The second-order valence-electron chi connectivity index (χ2n) is 5.10. The number of nitrogens with zero attached hydrogens (tertiary/aromatic N) is 3. The van der Waals surface area contributed by atoms with E-state index in [4.69, 9.17) is 11.6 Å². The van der Waals surface area contributed by atoms with Crippen molar-refractivity contribution < 1.29 is 4.79 Å². The first-order chi connectivity index (χ1) is 9.13. The Balaban J connectivity index is 1.73. The van der Waals surface area contributed by atoms with Gasteiger partial charge in [0.2, 0.25) is 0 Å². The number of aliphatic imine (C=N–C) groups is 1. The summed E-state index contributed by atoms with van der Waals surface area (Å²) in [5.41, 5.74) is 2.56. The van der Waals surface area contributed by atoms with Crippen LogP contribution >= 0.6 is 11.6 Å². The lowest BCUT2D eigenvalue weighted by Gasteiger charge is -2.32. The van der Waals surface area contributed by atoms with Crippen molar-refractivity contribution in [2.75, 3.05) is 33.2 Å². The van der Waals surface area contributed by atoms with E-state index in [1.807, 2.05) is 23.1 Å². The first kappa shape index (κ1) is 12.6. The van der Waals surface area contributed by atoms with Gasteiger partial charge in [-0.2, -0.15) is 0 Å². The van der Waals surface area contributed by atoms with E-state index >= 15 is 0 Å². The highest BCUT2D eigenvalue weighted by Crippen LogP contribution is 2.29. The van der Waals surface area contributed by atoms with Crippen LogP contribution in [0.25, 0.3) is 0 Å². The molecule has 1 fully saturated rings. The molecule has 0 bridgehead atoms. The molecule has 0 N–H and O–H groups in total. The molecule has 0 aliphatic carbocycles. The maximum absolute atomic E-state index is 12.4. The quantitative estimate of drug-likeness (QED) is 0.784. The molecule has 1 saturated heterocycles. The molecule has 1 aromatic rings. The number of hydrogen-bond donors (Lipinski definition) is 0. The minimum Gasteiger partial charge on any atom is -0.335 e. The molecule has 3 rings (SSSR count). The zero-order valence-electron chi connectivity index (χ0n) is 10.9. The number of halogens is 1. The Morgan fingerprint density at radius 2 is 2.00 bits per heavy atom. The van der Waals surface area contributed by atoms with Crippen molar-refractivity contribution in [3.8, 4) is 0 Å². The molecule has 2 aliphatic rings. The predicted molar refractivity (Wildman–Crippen MR) is 76.3 cm³/mol. The maximum Gasteiger partial charge on any atom is 0.268 e. The maximum atomic E-state index is 12.4. The normalized spacial score (nSPS) is 19.3. The van der Waals surface area contributed by atoms with Gasteiger partial charge in [-0.3, -0.25) is 4.79 Å². The third-order valence-corrected chi connectivity index (χ3v) is 3.93. The molecule has 0 atom stereocenters. The summed E-state index contributed by atoms with van der Waals surface area (Å²) in [4.78, 5) is 21.0. The Morgan fingerprint density at radius 3 is 2.74 bits per heavy atom. The van der Waals surface area contributed by atoms with Crippen LogP contribution in [-0.4, -0.2) is 54.6 Å². The predicted octanol–water partition coefficient (Wildman–Crippen LogP) is 1.74. The summed E-state index contributed by atoms with van der Waals surface area (Å²) in [5, 5.41) is 0.697. The lowest BCUT2D eigenvalue weighted by molar-refractivity contribution is -0.125. The van der Waals surface area contributed by atoms with Crippen LogP contribution in [0.5, 0.6) is 0 Å². The molecule has 1 amide bonds. The minimum atomic E-state index is 0.0698. The molecule has 100 valence electrons. The van der Waals surface area contributed by atoms with E-state index < -0.39 is 0 Å². The Labute approximate surface area is 117 Å². The fourth-order valence-corrected chi connectivity index (χ4v) is 2.68. The van der Waals surface area contributed by atoms with Gasteiger partial charge in [-0.25, -0.2) is 4.99 Å². The second kappa shape index (κ2) is 4.94. The first-order valence-corrected chi connectivity index (χ1v) is 6.85. The SMILES string of the molecule is CN1CCN(C(=O)C2=Nc3ccc(Cl)cc3C2)CC1. The zero-order valence-corrected chi connectivity index (χ0v) is 11.7. The average molecular weight is 278 g/mol. The van der Waals surface area contributed by atoms with Crippen molar-refractivity contribution in [1.29, 1.82) is 0 Å².